The van der Waals surface area contributed by atoms with Gasteiger partial charge in [0.25, 0.3) is 0 Å². The number of hydrogen-bond donors (Lipinski definition) is 1. The van der Waals surface area contributed by atoms with E-state index in [1.54, 1.807) is 23.5 Å². The van der Waals surface area contributed by atoms with Crippen molar-refractivity contribution in [3.05, 3.63) is 88.8 Å². The number of amides is 1. The second-order valence-corrected chi connectivity index (χ2v) is 9.57. The van der Waals surface area contributed by atoms with E-state index in [1.165, 1.54) is 24.5 Å². The molecule has 7 heteroatoms. The zero-order valence-electron chi connectivity index (χ0n) is 19.0. The number of carbonyl (C=O) groups is 1. The fraction of sp³-hybridized carbons (Fsp3) is 0.179. The first-order valence-corrected chi connectivity index (χ1v) is 12.3. The third-order valence-electron chi connectivity index (χ3n) is 6.09. The number of phenolic OH excluding ortho intramolecular Hbond substituents is 1. The number of ether oxygens (including phenoxy) is 1. The standard InChI is InChI=1S/C28H24N2O4S/c31-21-10-13-24-25(17-21)35-28(23-6-2-1-5-20(23)18-30-15-3-4-16-30)27(24)34-22-11-7-19(8-12-22)9-14-26(32)29-33/h1-2,5-14,17,31H,3-4,15-16,18H2/b14-9+. The minimum atomic E-state index is -0.824. The molecule has 0 aliphatic carbocycles. The van der Waals surface area contributed by atoms with Crippen LogP contribution in [-0.2, 0) is 11.3 Å². The lowest BCUT2D eigenvalue weighted by Crippen LogP contribution is -2.18. The van der Waals surface area contributed by atoms with E-state index in [4.69, 9.17) is 4.74 Å². The van der Waals surface area contributed by atoms with E-state index in [2.05, 4.69) is 28.3 Å². The number of thiophene rings is 1. The van der Waals surface area contributed by atoms with E-state index in [1.807, 2.05) is 36.4 Å². The van der Waals surface area contributed by atoms with E-state index in [9.17, 15) is 14.8 Å². The summed E-state index contributed by atoms with van der Waals surface area (Å²) in [7, 11) is 0. The molecule has 0 atom stereocenters. The van der Waals surface area contributed by atoms with Crippen LogP contribution < -0.4 is 4.74 Å². The second kappa shape index (κ2) is 10.2. The number of likely N-dealkylation sites (tertiary alicyclic amines) is 1. The van der Waals surface area contributed by atoms with Crippen LogP contribution in [-0.4, -0.2) is 29.0 Å². The Labute approximate surface area is 207 Å². The predicted molar refractivity (Wildman–Crippen MR) is 140 cm³/mol. The summed E-state index contributed by atoms with van der Waals surface area (Å²) in [5.74, 6) is 0.795. The summed E-state index contributed by atoms with van der Waals surface area (Å²) in [5, 5.41) is 13.4. The molecule has 1 aliphatic heterocycles. The van der Waals surface area contributed by atoms with Gasteiger partial charge in [-0.1, -0.05) is 36.4 Å². The Morgan fingerprint density at radius 3 is 2.60 bits per heavy atom. The molecule has 0 saturated carbocycles. The molecule has 1 aliphatic rings. The van der Waals surface area contributed by atoms with Gasteiger partial charge >= 0.3 is 5.91 Å². The molecule has 176 valence electrons. The molecule has 1 N–H and O–H groups in total. The maximum atomic E-state index is 11.1. The smallest absolute Gasteiger partial charge is 0.309 e. The Hall–Kier alpha value is -3.81. The molecule has 1 aromatic heterocycles. The first-order chi connectivity index (χ1) is 17.1. The van der Waals surface area contributed by atoms with Crippen molar-refractivity contribution < 1.29 is 14.6 Å². The van der Waals surface area contributed by atoms with Crippen LogP contribution in [0.3, 0.4) is 0 Å². The summed E-state index contributed by atoms with van der Waals surface area (Å²) < 4.78 is 7.39. The van der Waals surface area contributed by atoms with E-state index in [0.29, 0.717) is 5.75 Å². The van der Waals surface area contributed by atoms with Crippen molar-refractivity contribution in [1.82, 2.24) is 4.90 Å². The van der Waals surface area contributed by atoms with Crippen molar-refractivity contribution >= 4 is 33.4 Å². The first kappa shape index (κ1) is 23.0. The van der Waals surface area contributed by atoms with Crippen LogP contribution in [0.5, 0.6) is 17.2 Å². The highest BCUT2D eigenvalue weighted by Gasteiger charge is 2.21. The van der Waals surface area contributed by atoms with Gasteiger partial charge in [0.2, 0.25) is 0 Å². The molecule has 1 fully saturated rings. The molecular formula is C28H24N2O4S. The summed E-state index contributed by atoms with van der Waals surface area (Å²) in [6.07, 6.45) is 5.15. The molecule has 0 spiro atoms. The van der Waals surface area contributed by atoms with Gasteiger partial charge in [0.1, 0.15) is 11.5 Å². The molecule has 5 rings (SSSR count). The minimum absolute atomic E-state index is 0.220. The summed E-state index contributed by atoms with van der Waals surface area (Å²) in [6, 6.07) is 21.0. The molecule has 0 bridgehead atoms. The van der Waals surface area contributed by atoms with Crippen molar-refractivity contribution in [3.63, 3.8) is 0 Å². The Bertz CT molecular complexity index is 1400. The molecular weight excluding hydrogens is 460 g/mol. The molecule has 1 amide bonds. The maximum absolute atomic E-state index is 11.1. The molecule has 6 nitrogen and oxygen atoms in total. The molecule has 4 aromatic rings. The molecule has 0 radical (unpaired) electrons. The van der Waals surface area contributed by atoms with E-state index >= 15 is 0 Å². The van der Waals surface area contributed by atoms with Crippen molar-refractivity contribution in [2.45, 2.75) is 19.4 Å². The largest absolute Gasteiger partial charge is 0.508 e. The SMILES string of the molecule is O=NC(=O)/C=C/c1ccc(Oc2c(-c3ccccc3CN3CCCC3)sc3cc(O)ccc23)cc1. The molecule has 35 heavy (non-hydrogen) atoms. The molecule has 0 unspecified atom stereocenters. The van der Waals surface area contributed by atoms with Gasteiger partial charge in [-0.3, -0.25) is 9.69 Å². The number of rotatable bonds is 7. The highest BCUT2D eigenvalue weighted by atomic mass is 32.1. The van der Waals surface area contributed by atoms with Gasteiger partial charge in [0.05, 0.1) is 4.88 Å². The number of phenols is 1. The third-order valence-corrected chi connectivity index (χ3v) is 7.26. The Kier molecular flexibility index (Phi) is 6.70. The number of carbonyl (C=O) groups excluding carboxylic acids is 1. The van der Waals surface area contributed by atoms with Gasteiger partial charge < -0.3 is 9.84 Å². The van der Waals surface area contributed by atoms with Gasteiger partial charge in [-0.25, -0.2) is 0 Å². The third kappa shape index (κ3) is 5.16. The van der Waals surface area contributed by atoms with Crippen LogP contribution in [0.2, 0.25) is 0 Å². The summed E-state index contributed by atoms with van der Waals surface area (Å²) in [6.45, 7) is 3.13. The fourth-order valence-electron chi connectivity index (χ4n) is 4.36. The van der Waals surface area contributed by atoms with Crippen molar-refractivity contribution in [2.24, 2.45) is 5.18 Å². The zero-order chi connectivity index (χ0) is 24.2. The molecule has 1 saturated heterocycles. The summed E-state index contributed by atoms with van der Waals surface area (Å²) in [4.78, 5) is 24.9. The average molecular weight is 485 g/mol. The monoisotopic (exact) mass is 484 g/mol. The molecule has 2 heterocycles. The number of nitrogens with zero attached hydrogens (tertiary/aromatic N) is 2. The minimum Gasteiger partial charge on any atom is -0.508 e. The van der Waals surface area contributed by atoms with Crippen LogP contribution in [0.4, 0.5) is 0 Å². The van der Waals surface area contributed by atoms with Gasteiger partial charge in [-0.05, 0) is 79.0 Å². The van der Waals surface area contributed by atoms with Crippen LogP contribution >= 0.6 is 11.3 Å². The number of benzene rings is 3. The number of aromatic hydroxyl groups is 1. The maximum Gasteiger partial charge on any atom is 0.309 e. The van der Waals surface area contributed by atoms with Crippen LogP contribution in [0.25, 0.3) is 26.6 Å². The zero-order valence-corrected chi connectivity index (χ0v) is 19.8. The lowest BCUT2D eigenvalue weighted by Gasteiger charge is -2.18. The number of hydrogen-bond acceptors (Lipinski definition) is 6. The Balaban J connectivity index is 1.52. The highest BCUT2D eigenvalue weighted by Crippen LogP contribution is 2.48. The first-order valence-electron chi connectivity index (χ1n) is 11.5. The van der Waals surface area contributed by atoms with Gasteiger partial charge in [0, 0.05) is 27.9 Å². The van der Waals surface area contributed by atoms with Gasteiger partial charge in [0.15, 0.2) is 5.75 Å². The van der Waals surface area contributed by atoms with Crippen LogP contribution in [0, 0.1) is 4.91 Å². The van der Waals surface area contributed by atoms with Crippen LogP contribution in [0.15, 0.2) is 78.0 Å². The normalized spacial score (nSPS) is 14.1. The van der Waals surface area contributed by atoms with E-state index < -0.39 is 5.91 Å². The molecule has 3 aromatic carbocycles. The van der Waals surface area contributed by atoms with Crippen LogP contribution in [0.1, 0.15) is 24.0 Å². The average Bonchev–Trinajstić information content (AvgIpc) is 3.51. The number of nitroso groups, excluding NO2 is 1. The summed E-state index contributed by atoms with van der Waals surface area (Å²) >= 11 is 1.61. The fourth-order valence-corrected chi connectivity index (χ4v) is 5.59. The van der Waals surface area contributed by atoms with Gasteiger partial charge in [-0.15, -0.1) is 16.2 Å². The highest BCUT2D eigenvalue weighted by molar-refractivity contribution is 7.22. The number of fused-ring (bicyclic) bond motifs is 1. The summed E-state index contributed by atoms with van der Waals surface area (Å²) in [5.41, 5.74) is 3.14. The van der Waals surface area contributed by atoms with E-state index in [-0.39, 0.29) is 5.75 Å². The Morgan fingerprint density at radius 2 is 1.83 bits per heavy atom. The van der Waals surface area contributed by atoms with Crippen molar-refractivity contribution in [3.8, 4) is 27.7 Å². The Morgan fingerprint density at radius 1 is 1.06 bits per heavy atom. The van der Waals surface area contributed by atoms with Gasteiger partial charge in [-0.2, -0.15) is 0 Å². The lowest BCUT2D eigenvalue weighted by atomic mass is 10.0. The quantitative estimate of drug-likeness (QED) is 0.226. The van der Waals surface area contributed by atoms with E-state index in [0.717, 1.165) is 57.5 Å². The van der Waals surface area contributed by atoms with Crippen molar-refractivity contribution in [2.75, 3.05) is 13.1 Å². The van der Waals surface area contributed by atoms with Crippen molar-refractivity contribution in [1.29, 1.82) is 0 Å². The lowest BCUT2D eigenvalue weighted by molar-refractivity contribution is -0.113. The predicted octanol–water partition coefficient (Wildman–Crippen LogP) is 6.97. The topological polar surface area (TPSA) is 79.2 Å². The second-order valence-electron chi connectivity index (χ2n) is 8.52.